The minimum atomic E-state index is -0.472. The Morgan fingerprint density at radius 3 is 2.78 bits per heavy atom. The standard InChI is InChI=1S/C16H19ClFN3O2/c1-9(2)14-13(15(17)21(3)20-14)16(23)19-7-10-4-5-12(18)11(6-10)8-22/h4-6,9,22H,7-8H2,1-3H3,(H,19,23). The number of carbonyl (C=O) groups excluding carboxylic acids is 1. The fourth-order valence-corrected chi connectivity index (χ4v) is 2.49. The molecule has 0 saturated heterocycles. The number of halogens is 2. The Balaban J connectivity index is 2.17. The van der Waals surface area contributed by atoms with Crippen LogP contribution in [-0.4, -0.2) is 20.8 Å². The molecular formula is C16H19ClFN3O2. The van der Waals surface area contributed by atoms with Crippen molar-refractivity contribution in [2.75, 3.05) is 0 Å². The molecule has 7 heteroatoms. The minimum absolute atomic E-state index is 0.0567. The average molecular weight is 340 g/mol. The van der Waals surface area contributed by atoms with Crippen LogP contribution >= 0.6 is 11.6 Å². The second-order valence-corrected chi connectivity index (χ2v) is 5.95. The number of carbonyl (C=O) groups is 1. The maximum absolute atomic E-state index is 13.4. The van der Waals surface area contributed by atoms with E-state index in [4.69, 9.17) is 16.7 Å². The number of benzene rings is 1. The van der Waals surface area contributed by atoms with E-state index in [1.54, 1.807) is 13.1 Å². The molecule has 0 unspecified atom stereocenters. The fraction of sp³-hybridized carbons (Fsp3) is 0.375. The molecule has 0 aliphatic carbocycles. The lowest BCUT2D eigenvalue weighted by Gasteiger charge is -2.09. The molecule has 1 heterocycles. The van der Waals surface area contributed by atoms with Gasteiger partial charge in [0.2, 0.25) is 0 Å². The Morgan fingerprint density at radius 1 is 1.48 bits per heavy atom. The summed E-state index contributed by atoms with van der Waals surface area (Å²) < 4.78 is 14.8. The summed E-state index contributed by atoms with van der Waals surface area (Å²) in [4.78, 5) is 12.4. The molecule has 5 nitrogen and oxygen atoms in total. The van der Waals surface area contributed by atoms with Crippen LogP contribution in [0.25, 0.3) is 0 Å². The van der Waals surface area contributed by atoms with E-state index in [-0.39, 0.29) is 35.7 Å². The van der Waals surface area contributed by atoms with Crippen molar-refractivity contribution in [3.8, 4) is 0 Å². The minimum Gasteiger partial charge on any atom is -0.392 e. The van der Waals surface area contributed by atoms with Crippen LogP contribution in [0.4, 0.5) is 4.39 Å². The van der Waals surface area contributed by atoms with Crippen LogP contribution in [0.2, 0.25) is 5.15 Å². The fourth-order valence-electron chi connectivity index (χ4n) is 2.27. The summed E-state index contributed by atoms with van der Waals surface area (Å²) in [6.45, 7) is 3.68. The number of nitrogens with one attached hydrogen (secondary N) is 1. The molecule has 2 N–H and O–H groups in total. The van der Waals surface area contributed by atoms with Gasteiger partial charge < -0.3 is 10.4 Å². The number of hydrogen-bond acceptors (Lipinski definition) is 3. The summed E-state index contributed by atoms with van der Waals surface area (Å²) in [6, 6.07) is 4.34. The molecule has 2 rings (SSSR count). The first kappa shape index (κ1) is 17.4. The van der Waals surface area contributed by atoms with Gasteiger partial charge in [0.1, 0.15) is 11.0 Å². The predicted octanol–water partition coefficient (Wildman–Crippen LogP) is 2.76. The molecule has 2 aromatic rings. The number of aromatic nitrogens is 2. The van der Waals surface area contributed by atoms with Crippen molar-refractivity contribution in [3.05, 3.63) is 51.6 Å². The van der Waals surface area contributed by atoms with Crippen molar-refractivity contribution >= 4 is 17.5 Å². The second-order valence-electron chi connectivity index (χ2n) is 5.60. The molecule has 0 aliphatic rings. The predicted molar refractivity (Wildman–Crippen MR) is 85.8 cm³/mol. The lowest BCUT2D eigenvalue weighted by atomic mass is 10.1. The Bertz CT molecular complexity index is 728. The first-order chi connectivity index (χ1) is 10.8. The van der Waals surface area contributed by atoms with E-state index in [2.05, 4.69) is 10.4 Å². The van der Waals surface area contributed by atoms with Gasteiger partial charge in [-0.1, -0.05) is 31.5 Å². The normalized spacial score (nSPS) is 11.1. The van der Waals surface area contributed by atoms with E-state index in [0.717, 1.165) is 0 Å². The lowest BCUT2D eigenvalue weighted by Crippen LogP contribution is -2.24. The van der Waals surface area contributed by atoms with Gasteiger partial charge in [0, 0.05) is 19.2 Å². The highest BCUT2D eigenvalue weighted by atomic mass is 35.5. The highest BCUT2D eigenvalue weighted by Crippen LogP contribution is 2.25. The van der Waals surface area contributed by atoms with Crippen molar-refractivity contribution < 1.29 is 14.3 Å². The Kier molecular flexibility index (Phi) is 5.38. The van der Waals surface area contributed by atoms with Gasteiger partial charge in [-0.15, -0.1) is 0 Å². The van der Waals surface area contributed by atoms with Gasteiger partial charge in [0.25, 0.3) is 5.91 Å². The molecule has 0 spiro atoms. The smallest absolute Gasteiger partial charge is 0.256 e. The average Bonchev–Trinajstić information content (AvgIpc) is 2.82. The molecule has 124 valence electrons. The summed E-state index contributed by atoms with van der Waals surface area (Å²) in [5, 5.41) is 16.4. The number of aliphatic hydroxyl groups is 1. The van der Waals surface area contributed by atoms with Crippen molar-refractivity contribution in [1.29, 1.82) is 0 Å². The highest BCUT2D eigenvalue weighted by molar-refractivity contribution is 6.33. The van der Waals surface area contributed by atoms with Crippen LogP contribution < -0.4 is 5.32 Å². The van der Waals surface area contributed by atoms with Crippen molar-refractivity contribution in [3.63, 3.8) is 0 Å². The van der Waals surface area contributed by atoms with E-state index >= 15 is 0 Å². The van der Waals surface area contributed by atoms with Gasteiger partial charge in [-0.25, -0.2) is 4.39 Å². The molecule has 1 aromatic carbocycles. The summed E-state index contributed by atoms with van der Waals surface area (Å²) in [5.74, 6) is -0.747. The quantitative estimate of drug-likeness (QED) is 0.880. The number of aryl methyl sites for hydroxylation is 1. The molecule has 0 atom stereocenters. The van der Waals surface area contributed by atoms with Gasteiger partial charge >= 0.3 is 0 Å². The molecule has 23 heavy (non-hydrogen) atoms. The van der Waals surface area contributed by atoms with Crippen molar-refractivity contribution in [2.45, 2.75) is 32.9 Å². The number of aliphatic hydroxyl groups excluding tert-OH is 1. The van der Waals surface area contributed by atoms with Gasteiger partial charge in [-0.2, -0.15) is 5.10 Å². The number of hydrogen-bond donors (Lipinski definition) is 2. The molecule has 0 fully saturated rings. The third-order valence-electron chi connectivity index (χ3n) is 3.51. The molecule has 1 amide bonds. The molecular weight excluding hydrogens is 321 g/mol. The Morgan fingerprint density at radius 2 is 2.17 bits per heavy atom. The molecule has 0 saturated carbocycles. The Hall–Kier alpha value is -1.92. The maximum Gasteiger partial charge on any atom is 0.256 e. The Labute approximate surface area is 139 Å². The van der Waals surface area contributed by atoms with Crippen LogP contribution in [-0.2, 0) is 20.2 Å². The third kappa shape index (κ3) is 3.71. The maximum atomic E-state index is 13.4. The van der Waals surface area contributed by atoms with Crippen molar-refractivity contribution in [1.82, 2.24) is 15.1 Å². The zero-order chi connectivity index (χ0) is 17.1. The monoisotopic (exact) mass is 339 g/mol. The largest absolute Gasteiger partial charge is 0.392 e. The highest BCUT2D eigenvalue weighted by Gasteiger charge is 2.23. The summed E-state index contributed by atoms with van der Waals surface area (Å²) in [7, 11) is 1.68. The zero-order valence-corrected chi connectivity index (χ0v) is 14.0. The van der Waals surface area contributed by atoms with Gasteiger partial charge in [-0.05, 0) is 23.6 Å². The van der Waals surface area contributed by atoms with Crippen LogP contribution in [0.1, 0.15) is 46.9 Å². The summed E-state index contributed by atoms with van der Waals surface area (Å²) in [5.41, 5.74) is 1.87. The summed E-state index contributed by atoms with van der Waals surface area (Å²) in [6.07, 6.45) is 0. The van der Waals surface area contributed by atoms with E-state index in [0.29, 0.717) is 16.8 Å². The number of amides is 1. The van der Waals surface area contributed by atoms with Crippen LogP contribution in [0.5, 0.6) is 0 Å². The zero-order valence-electron chi connectivity index (χ0n) is 13.2. The number of nitrogens with zero attached hydrogens (tertiary/aromatic N) is 2. The first-order valence-corrected chi connectivity index (χ1v) is 7.61. The van der Waals surface area contributed by atoms with E-state index in [1.807, 2.05) is 13.8 Å². The molecule has 0 bridgehead atoms. The van der Waals surface area contributed by atoms with Gasteiger partial charge in [0.05, 0.1) is 17.9 Å². The van der Waals surface area contributed by atoms with E-state index in [9.17, 15) is 9.18 Å². The molecule has 1 aromatic heterocycles. The number of rotatable bonds is 5. The molecule has 0 aliphatic heterocycles. The summed E-state index contributed by atoms with van der Waals surface area (Å²) >= 11 is 6.16. The van der Waals surface area contributed by atoms with Crippen LogP contribution in [0.15, 0.2) is 18.2 Å². The topological polar surface area (TPSA) is 67.2 Å². The van der Waals surface area contributed by atoms with E-state index < -0.39 is 5.82 Å². The van der Waals surface area contributed by atoms with Gasteiger partial charge in [0.15, 0.2) is 0 Å². The molecule has 0 radical (unpaired) electrons. The van der Waals surface area contributed by atoms with Crippen molar-refractivity contribution in [2.24, 2.45) is 7.05 Å². The van der Waals surface area contributed by atoms with E-state index in [1.165, 1.54) is 16.8 Å². The first-order valence-electron chi connectivity index (χ1n) is 7.23. The SMILES string of the molecule is CC(C)c1nn(C)c(Cl)c1C(=O)NCc1ccc(F)c(CO)c1. The van der Waals surface area contributed by atoms with Crippen LogP contribution in [0, 0.1) is 5.82 Å². The second kappa shape index (κ2) is 7.10. The lowest BCUT2D eigenvalue weighted by molar-refractivity contribution is 0.0949. The van der Waals surface area contributed by atoms with Gasteiger partial charge in [-0.3, -0.25) is 9.48 Å². The van der Waals surface area contributed by atoms with Crippen LogP contribution in [0.3, 0.4) is 0 Å². The third-order valence-corrected chi connectivity index (χ3v) is 3.95.